The van der Waals surface area contributed by atoms with Gasteiger partial charge in [-0.1, -0.05) is 30.3 Å². The van der Waals surface area contributed by atoms with Crippen LogP contribution in [-0.2, 0) is 0 Å². The summed E-state index contributed by atoms with van der Waals surface area (Å²) in [7, 11) is 0. The average Bonchev–Trinajstić information content (AvgIpc) is 2.41. The largest absolute Gasteiger partial charge is 0.506 e. The zero-order valence-electron chi connectivity index (χ0n) is 9.72. The van der Waals surface area contributed by atoms with Crippen molar-refractivity contribution in [2.24, 2.45) is 0 Å². The van der Waals surface area contributed by atoms with Gasteiger partial charge in [-0.25, -0.2) is 4.98 Å². The van der Waals surface area contributed by atoms with E-state index >= 15 is 0 Å². The lowest BCUT2D eigenvalue weighted by Crippen LogP contribution is -2.08. The van der Waals surface area contributed by atoms with E-state index in [-0.39, 0.29) is 11.3 Å². The fraction of sp³-hybridized carbons (Fsp3) is 0. The highest BCUT2D eigenvalue weighted by atomic mass is 79.9. The molecule has 0 aliphatic rings. The number of H-pyrrole nitrogens is 1. The van der Waals surface area contributed by atoms with Crippen molar-refractivity contribution in [3.63, 3.8) is 0 Å². The summed E-state index contributed by atoms with van der Waals surface area (Å²) in [5, 5.41) is 10.3. The van der Waals surface area contributed by atoms with Crippen molar-refractivity contribution in [2.45, 2.75) is 0 Å². The molecule has 2 aromatic carbocycles. The van der Waals surface area contributed by atoms with Crippen LogP contribution < -0.4 is 5.56 Å². The van der Waals surface area contributed by atoms with Gasteiger partial charge in [0, 0.05) is 10.0 Å². The van der Waals surface area contributed by atoms with E-state index in [0.717, 1.165) is 11.1 Å². The van der Waals surface area contributed by atoms with Crippen molar-refractivity contribution in [1.29, 1.82) is 0 Å². The minimum absolute atomic E-state index is 0.0207. The number of hydrogen-bond acceptors (Lipinski definition) is 3. The van der Waals surface area contributed by atoms with Crippen LogP contribution in [0.4, 0.5) is 0 Å². The summed E-state index contributed by atoms with van der Waals surface area (Å²) >= 11 is 3.40. The maximum Gasteiger partial charge on any atom is 0.259 e. The summed E-state index contributed by atoms with van der Waals surface area (Å²) < 4.78 is 0.655. The molecule has 0 saturated carbocycles. The highest BCUT2D eigenvalue weighted by Crippen LogP contribution is 2.37. The SMILES string of the molecule is O=c1[nH]cnc2c(O)cc(Br)c(-c3ccccc3)c12. The molecule has 0 fully saturated rings. The molecule has 4 nitrogen and oxygen atoms in total. The zero-order chi connectivity index (χ0) is 13.4. The van der Waals surface area contributed by atoms with Crippen molar-refractivity contribution in [1.82, 2.24) is 9.97 Å². The Balaban J connectivity index is 2.52. The van der Waals surface area contributed by atoms with Gasteiger partial charge in [0.1, 0.15) is 11.3 Å². The molecular weight excluding hydrogens is 308 g/mol. The van der Waals surface area contributed by atoms with Crippen LogP contribution in [0.1, 0.15) is 0 Å². The molecule has 1 aromatic heterocycles. The van der Waals surface area contributed by atoms with E-state index < -0.39 is 0 Å². The van der Waals surface area contributed by atoms with Crippen LogP contribution in [0.3, 0.4) is 0 Å². The van der Waals surface area contributed by atoms with Gasteiger partial charge in [0.2, 0.25) is 0 Å². The molecule has 0 bridgehead atoms. The van der Waals surface area contributed by atoms with Crippen LogP contribution in [0, 0.1) is 0 Å². The van der Waals surface area contributed by atoms with Gasteiger partial charge in [-0.15, -0.1) is 0 Å². The smallest absolute Gasteiger partial charge is 0.259 e. The van der Waals surface area contributed by atoms with Crippen molar-refractivity contribution in [3.8, 4) is 16.9 Å². The molecule has 2 N–H and O–H groups in total. The van der Waals surface area contributed by atoms with Crippen LogP contribution in [0.5, 0.6) is 5.75 Å². The molecule has 0 saturated heterocycles. The number of benzene rings is 2. The maximum atomic E-state index is 12.0. The van der Waals surface area contributed by atoms with Crippen LogP contribution in [0.2, 0.25) is 0 Å². The average molecular weight is 317 g/mol. The number of phenols is 1. The molecule has 0 radical (unpaired) electrons. The van der Waals surface area contributed by atoms with Crippen LogP contribution in [-0.4, -0.2) is 15.1 Å². The van der Waals surface area contributed by atoms with E-state index in [0.29, 0.717) is 15.4 Å². The second-order valence-electron chi connectivity index (χ2n) is 4.07. The molecule has 0 aliphatic heterocycles. The first-order valence-corrected chi connectivity index (χ1v) is 6.42. The Bertz CT molecular complexity index is 813. The predicted octanol–water partition coefficient (Wildman–Crippen LogP) is 3.06. The molecule has 3 aromatic rings. The number of aromatic amines is 1. The van der Waals surface area contributed by atoms with Crippen molar-refractivity contribution >= 4 is 26.8 Å². The van der Waals surface area contributed by atoms with Gasteiger partial charge in [-0.05, 0) is 27.6 Å². The first-order valence-electron chi connectivity index (χ1n) is 5.63. The number of aromatic hydroxyl groups is 1. The van der Waals surface area contributed by atoms with Crippen molar-refractivity contribution in [3.05, 3.63) is 57.6 Å². The van der Waals surface area contributed by atoms with E-state index in [1.807, 2.05) is 30.3 Å². The lowest BCUT2D eigenvalue weighted by atomic mass is 10.0. The first kappa shape index (κ1) is 11.9. The highest BCUT2D eigenvalue weighted by molar-refractivity contribution is 9.10. The van der Waals surface area contributed by atoms with Gasteiger partial charge in [0.25, 0.3) is 5.56 Å². The third-order valence-electron chi connectivity index (χ3n) is 2.91. The first-order chi connectivity index (χ1) is 9.18. The van der Waals surface area contributed by atoms with Gasteiger partial charge in [0.05, 0.1) is 11.7 Å². The van der Waals surface area contributed by atoms with Gasteiger partial charge in [-0.3, -0.25) is 4.79 Å². The molecule has 1 heterocycles. The quantitative estimate of drug-likeness (QED) is 0.725. The molecule has 0 spiro atoms. The lowest BCUT2D eigenvalue weighted by Gasteiger charge is -2.09. The monoisotopic (exact) mass is 316 g/mol. The summed E-state index contributed by atoms with van der Waals surface area (Å²) in [6.45, 7) is 0. The molecular formula is C14H9BrN2O2. The number of fused-ring (bicyclic) bond motifs is 1. The Kier molecular flexibility index (Phi) is 2.83. The highest BCUT2D eigenvalue weighted by Gasteiger charge is 2.15. The minimum atomic E-state index is -0.277. The van der Waals surface area contributed by atoms with E-state index in [1.165, 1.54) is 6.33 Å². The van der Waals surface area contributed by atoms with Crippen molar-refractivity contribution in [2.75, 3.05) is 0 Å². The number of nitrogens with one attached hydrogen (secondary N) is 1. The standard InChI is InChI=1S/C14H9BrN2O2/c15-9-6-10(18)13-12(14(19)17-7-16-13)11(9)8-4-2-1-3-5-8/h1-7,18H,(H,16,17,19). The summed E-state index contributed by atoms with van der Waals surface area (Å²) in [5.74, 6) is -0.0207. The molecule has 0 atom stereocenters. The van der Waals surface area contributed by atoms with Crippen molar-refractivity contribution < 1.29 is 5.11 Å². The van der Waals surface area contributed by atoms with Crippen LogP contribution in [0.15, 0.2) is 52.0 Å². The van der Waals surface area contributed by atoms with Gasteiger partial charge < -0.3 is 10.1 Å². The van der Waals surface area contributed by atoms with E-state index in [4.69, 9.17) is 0 Å². The number of hydrogen-bond donors (Lipinski definition) is 2. The third-order valence-corrected chi connectivity index (χ3v) is 3.54. The number of halogens is 1. The molecule has 5 heteroatoms. The van der Waals surface area contributed by atoms with Crippen LogP contribution in [0.25, 0.3) is 22.0 Å². The Morgan fingerprint density at radius 3 is 2.68 bits per heavy atom. The lowest BCUT2D eigenvalue weighted by molar-refractivity contribution is 0.480. The molecule has 19 heavy (non-hydrogen) atoms. The zero-order valence-corrected chi connectivity index (χ0v) is 11.3. The Morgan fingerprint density at radius 2 is 1.95 bits per heavy atom. The summed E-state index contributed by atoms with van der Waals surface area (Å²) in [5.41, 5.74) is 1.63. The Labute approximate surface area is 116 Å². The fourth-order valence-corrected chi connectivity index (χ4v) is 2.74. The Morgan fingerprint density at radius 1 is 1.21 bits per heavy atom. The Hall–Kier alpha value is -2.14. The number of nitrogens with zero attached hydrogens (tertiary/aromatic N) is 1. The second-order valence-corrected chi connectivity index (χ2v) is 4.93. The maximum absolute atomic E-state index is 12.0. The third kappa shape index (κ3) is 1.92. The number of rotatable bonds is 1. The molecule has 3 rings (SSSR count). The summed E-state index contributed by atoms with van der Waals surface area (Å²) in [6, 6.07) is 11.1. The summed E-state index contributed by atoms with van der Waals surface area (Å²) in [6.07, 6.45) is 1.28. The van der Waals surface area contributed by atoms with E-state index in [1.54, 1.807) is 6.07 Å². The normalized spacial score (nSPS) is 10.8. The minimum Gasteiger partial charge on any atom is -0.506 e. The number of aromatic nitrogens is 2. The second kappa shape index (κ2) is 4.51. The van der Waals surface area contributed by atoms with Crippen LogP contribution >= 0.6 is 15.9 Å². The fourth-order valence-electron chi connectivity index (χ4n) is 2.09. The molecule has 0 amide bonds. The predicted molar refractivity (Wildman–Crippen MR) is 77.2 cm³/mol. The van der Waals surface area contributed by atoms with E-state index in [2.05, 4.69) is 25.9 Å². The van der Waals surface area contributed by atoms with Gasteiger partial charge in [-0.2, -0.15) is 0 Å². The molecule has 94 valence electrons. The van der Waals surface area contributed by atoms with E-state index in [9.17, 15) is 9.90 Å². The summed E-state index contributed by atoms with van der Waals surface area (Å²) in [4.78, 5) is 18.6. The van der Waals surface area contributed by atoms with Gasteiger partial charge >= 0.3 is 0 Å². The number of phenolic OH excluding ortho intramolecular Hbond substituents is 1. The topological polar surface area (TPSA) is 66.0 Å². The molecule has 0 aliphatic carbocycles. The molecule has 0 unspecified atom stereocenters. The van der Waals surface area contributed by atoms with Gasteiger partial charge in [0.15, 0.2) is 0 Å².